The smallest absolute Gasteiger partial charge is 0.265 e. The van der Waals surface area contributed by atoms with Gasteiger partial charge in [0.2, 0.25) is 0 Å². The third-order valence-electron chi connectivity index (χ3n) is 3.36. The second-order valence-electron chi connectivity index (χ2n) is 4.43. The summed E-state index contributed by atoms with van der Waals surface area (Å²) in [6.07, 6.45) is 2.28. The molecule has 2 heterocycles. The third-order valence-corrected chi connectivity index (χ3v) is 3.36. The van der Waals surface area contributed by atoms with Gasteiger partial charge in [0.15, 0.2) is 5.60 Å². The lowest BCUT2D eigenvalue weighted by Gasteiger charge is -2.21. The Morgan fingerprint density at radius 1 is 1.35 bits per heavy atom. The number of anilines is 1. The number of methoxy groups -OCH3 is 1. The van der Waals surface area contributed by atoms with Gasteiger partial charge in [-0.15, -0.1) is 0 Å². The van der Waals surface area contributed by atoms with E-state index < -0.39 is 17.3 Å². The van der Waals surface area contributed by atoms with Gasteiger partial charge in [-0.1, -0.05) is 0 Å². The van der Waals surface area contributed by atoms with Crippen LogP contribution in [0.1, 0.15) is 11.1 Å². The van der Waals surface area contributed by atoms with Crippen molar-refractivity contribution < 1.29 is 19.0 Å². The van der Waals surface area contributed by atoms with E-state index in [2.05, 4.69) is 10.3 Å². The Balaban J connectivity index is 2.21. The summed E-state index contributed by atoms with van der Waals surface area (Å²) >= 11 is 0. The van der Waals surface area contributed by atoms with Crippen LogP contribution in [0, 0.1) is 5.82 Å². The van der Waals surface area contributed by atoms with Gasteiger partial charge in [-0.2, -0.15) is 0 Å². The van der Waals surface area contributed by atoms with Crippen molar-refractivity contribution in [3.8, 4) is 5.75 Å². The molecule has 1 unspecified atom stereocenters. The summed E-state index contributed by atoms with van der Waals surface area (Å²) in [7, 11) is 1.49. The summed E-state index contributed by atoms with van der Waals surface area (Å²) in [6.45, 7) is 0. The summed E-state index contributed by atoms with van der Waals surface area (Å²) in [5, 5.41) is 13.2. The topological polar surface area (TPSA) is 71.5 Å². The number of halogens is 1. The summed E-state index contributed by atoms with van der Waals surface area (Å²) in [4.78, 5) is 15.7. The summed E-state index contributed by atoms with van der Waals surface area (Å²) < 4.78 is 18.9. The van der Waals surface area contributed by atoms with E-state index in [1.165, 1.54) is 25.4 Å². The number of hydrogen-bond acceptors (Lipinski definition) is 4. The van der Waals surface area contributed by atoms with Gasteiger partial charge in [-0.25, -0.2) is 4.39 Å². The van der Waals surface area contributed by atoms with Crippen LogP contribution in [0.25, 0.3) is 0 Å². The number of hydrogen-bond donors (Lipinski definition) is 2. The molecule has 102 valence electrons. The number of pyridine rings is 1. The maximum atomic E-state index is 13.9. The molecule has 0 aliphatic carbocycles. The SMILES string of the molecule is COc1ccc2c(c1)NC(=O)C2(O)c1ccncc1F. The lowest BCUT2D eigenvalue weighted by atomic mass is 9.88. The van der Waals surface area contributed by atoms with Crippen molar-refractivity contribution in [3.05, 3.63) is 53.6 Å². The Hall–Kier alpha value is -2.47. The minimum absolute atomic E-state index is 0.131. The highest BCUT2D eigenvalue weighted by Crippen LogP contribution is 2.42. The lowest BCUT2D eigenvalue weighted by Crippen LogP contribution is -2.36. The zero-order valence-corrected chi connectivity index (χ0v) is 10.6. The van der Waals surface area contributed by atoms with Gasteiger partial charge in [0.25, 0.3) is 5.91 Å². The van der Waals surface area contributed by atoms with Crippen LogP contribution >= 0.6 is 0 Å². The van der Waals surface area contributed by atoms with E-state index in [9.17, 15) is 14.3 Å². The zero-order valence-electron chi connectivity index (χ0n) is 10.6. The first-order valence-electron chi connectivity index (χ1n) is 5.89. The summed E-state index contributed by atoms with van der Waals surface area (Å²) in [6, 6.07) is 5.99. The zero-order chi connectivity index (χ0) is 14.3. The van der Waals surface area contributed by atoms with Crippen molar-refractivity contribution in [2.24, 2.45) is 0 Å². The molecule has 1 atom stereocenters. The molecular weight excluding hydrogens is 263 g/mol. The first-order chi connectivity index (χ1) is 9.57. The maximum absolute atomic E-state index is 13.9. The van der Waals surface area contributed by atoms with Gasteiger partial charge in [-0.3, -0.25) is 9.78 Å². The van der Waals surface area contributed by atoms with Crippen LogP contribution in [0.2, 0.25) is 0 Å². The molecule has 1 aliphatic rings. The predicted octanol–water partition coefficient (Wildman–Crippen LogP) is 1.42. The van der Waals surface area contributed by atoms with Crippen LogP contribution in [0.4, 0.5) is 10.1 Å². The maximum Gasteiger partial charge on any atom is 0.265 e. The molecule has 1 amide bonds. The normalized spacial score (nSPS) is 20.4. The molecule has 5 nitrogen and oxygen atoms in total. The predicted molar refractivity (Wildman–Crippen MR) is 68.8 cm³/mol. The molecule has 0 saturated heterocycles. The molecule has 2 N–H and O–H groups in total. The van der Waals surface area contributed by atoms with Gasteiger partial charge in [0.1, 0.15) is 11.6 Å². The fourth-order valence-electron chi connectivity index (χ4n) is 2.34. The van der Waals surface area contributed by atoms with Crippen molar-refractivity contribution >= 4 is 11.6 Å². The van der Waals surface area contributed by atoms with Crippen molar-refractivity contribution in [3.63, 3.8) is 0 Å². The fourth-order valence-corrected chi connectivity index (χ4v) is 2.34. The third kappa shape index (κ3) is 1.58. The highest BCUT2D eigenvalue weighted by molar-refractivity contribution is 6.07. The molecule has 20 heavy (non-hydrogen) atoms. The van der Waals surface area contributed by atoms with Gasteiger partial charge < -0.3 is 15.2 Å². The number of aliphatic hydroxyl groups is 1. The molecule has 0 radical (unpaired) electrons. The van der Waals surface area contributed by atoms with E-state index in [0.29, 0.717) is 11.4 Å². The van der Waals surface area contributed by atoms with Gasteiger partial charge in [-0.05, 0) is 18.2 Å². The Kier molecular flexibility index (Phi) is 2.69. The first kappa shape index (κ1) is 12.6. The fraction of sp³-hybridized carbons (Fsp3) is 0.143. The van der Waals surface area contributed by atoms with Gasteiger partial charge >= 0.3 is 0 Å². The van der Waals surface area contributed by atoms with Crippen molar-refractivity contribution in [1.82, 2.24) is 4.98 Å². The number of aromatic nitrogens is 1. The first-order valence-corrected chi connectivity index (χ1v) is 5.89. The molecule has 3 rings (SSSR count). The van der Waals surface area contributed by atoms with Crippen LogP contribution < -0.4 is 10.1 Å². The van der Waals surface area contributed by atoms with Crippen molar-refractivity contribution in [1.29, 1.82) is 0 Å². The molecule has 1 aliphatic heterocycles. The van der Waals surface area contributed by atoms with E-state index >= 15 is 0 Å². The Labute approximate surface area is 114 Å². The van der Waals surface area contributed by atoms with Crippen LogP contribution in [-0.2, 0) is 10.4 Å². The van der Waals surface area contributed by atoms with Crippen molar-refractivity contribution in [2.45, 2.75) is 5.60 Å². The second-order valence-corrected chi connectivity index (χ2v) is 4.43. The molecule has 0 fully saturated rings. The molecule has 1 aromatic carbocycles. The van der Waals surface area contributed by atoms with Crippen molar-refractivity contribution in [2.75, 3.05) is 12.4 Å². The van der Waals surface area contributed by atoms with E-state index in [1.807, 2.05) is 0 Å². The number of fused-ring (bicyclic) bond motifs is 1. The van der Waals surface area contributed by atoms with Crippen LogP contribution in [-0.4, -0.2) is 23.1 Å². The Bertz CT molecular complexity index is 705. The van der Waals surface area contributed by atoms with Crippen LogP contribution in [0.3, 0.4) is 0 Å². The molecule has 0 bridgehead atoms. The standard InChI is InChI=1S/C14H11FN2O3/c1-20-8-2-3-10-12(6-8)17-13(18)14(10,19)9-4-5-16-7-11(9)15/h2-7,19H,1H3,(H,17,18). The highest BCUT2D eigenvalue weighted by atomic mass is 19.1. The Morgan fingerprint density at radius 3 is 2.85 bits per heavy atom. The van der Waals surface area contributed by atoms with Crippen LogP contribution in [0.15, 0.2) is 36.7 Å². The van der Waals surface area contributed by atoms with Crippen LogP contribution in [0.5, 0.6) is 5.75 Å². The van der Waals surface area contributed by atoms with E-state index in [-0.39, 0.29) is 11.1 Å². The number of ether oxygens (including phenoxy) is 1. The average Bonchev–Trinajstić information content (AvgIpc) is 2.71. The number of benzene rings is 1. The summed E-state index contributed by atoms with van der Waals surface area (Å²) in [5.41, 5.74) is -1.51. The minimum Gasteiger partial charge on any atom is -0.497 e. The number of carbonyl (C=O) groups excluding carboxylic acids is 1. The van der Waals surface area contributed by atoms with E-state index in [0.717, 1.165) is 6.20 Å². The molecule has 0 saturated carbocycles. The van der Waals surface area contributed by atoms with E-state index in [4.69, 9.17) is 4.74 Å². The quantitative estimate of drug-likeness (QED) is 0.868. The lowest BCUT2D eigenvalue weighted by molar-refractivity contribution is -0.129. The monoisotopic (exact) mass is 274 g/mol. The van der Waals surface area contributed by atoms with E-state index in [1.54, 1.807) is 12.1 Å². The molecule has 6 heteroatoms. The van der Waals surface area contributed by atoms with Gasteiger partial charge in [0, 0.05) is 23.4 Å². The molecular formula is C14H11FN2O3. The minimum atomic E-state index is -2.06. The number of carbonyl (C=O) groups is 1. The molecule has 2 aromatic rings. The number of amides is 1. The number of nitrogens with one attached hydrogen (secondary N) is 1. The molecule has 0 spiro atoms. The Morgan fingerprint density at radius 2 is 2.15 bits per heavy atom. The molecule has 1 aromatic heterocycles. The highest BCUT2D eigenvalue weighted by Gasteiger charge is 2.48. The second kappa shape index (κ2) is 4.28. The largest absolute Gasteiger partial charge is 0.497 e. The van der Waals surface area contributed by atoms with Gasteiger partial charge in [0.05, 0.1) is 19.0 Å². The summed E-state index contributed by atoms with van der Waals surface area (Å²) in [5.74, 6) is -0.914. The average molecular weight is 274 g/mol. The number of nitrogens with zero attached hydrogens (tertiary/aromatic N) is 1. The number of rotatable bonds is 2.